The van der Waals surface area contributed by atoms with Crippen LogP contribution in [0.3, 0.4) is 0 Å². The molecule has 17 heavy (non-hydrogen) atoms. The molecular formula is C11H11F3N2O. The van der Waals surface area contributed by atoms with Gasteiger partial charge in [0.15, 0.2) is 5.90 Å². The van der Waals surface area contributed by atoms with Crippen molar-refractivity contribution in [2.45, 2.75) is 12.3 Å². The van der Waals surface area contributed by atoms with Crippen LogP contribution < -0.4 is 5.73 Å². The zero-order valence-electron chi connectivity index (χ0n) is 8.87. The Balaban J connectivity index is 2.10. The number of benzene rings is 1. The van der Waals surface area contributed by atoms with E-state index in [0.717, 1.165) is 12.1 Å². The van der Waals surface area contributed by atoms with Crippen LogP contribution in [0, 0.1) is 0 Å². The number of rotatable bonds is 2. The van der Waals surface area contributed by atoms with Crippen molar-refractivity contribution in [2.75, 3.05) is 13.1 Å². The van der Waals surface area contributed by atoms with Crippen molar-refractivity contribution in [3.63, 3.8) is 0 Å². The summed E-state index contributed by atoms with van der Waals surface area (Å²) in [6.45, 7) is 0.606. The maximum absolute atomic E-state index is 12.3. The summed E-state index contributed by atoms with van der Waals surface area (Å²) in [6.07, 6.45) is -4.63. The largest absolute Gasteiger partial charge is 0.470 e. The Labute approximate surface area is 96.1 Å². The lowest BCUT2D eigenvalue weighted by Crippen LogP contribution is -2.15. The van der Waals surface area contributed by atoms with Crippen molar-refractivity contribution in [1.29, 1.82) is 0 Å². The number of nitrogens with two attached hydrogens (primary N) is 1. The molecule has 1 unspecified atom stereocenters. The third-order valence-electron chi connectivity index (χ3n) is 2.50. The molecule has 0 saturated heterocycles. The predicted octanol–water partition coefficient (Wildman–Crippen LogP) is 2.13. The molecule has 92 valence electrons. The van der Waals surface area contributed by atoms with Gasteiger partial charge in [0.05, 0.1) is 18.7 Å². The highest BCUT2D eigenvalue weighted by Gasteiger charge is 2.30. The fourth-order valence-corrected chi connectivity index (χ4v) is 1.60. The third-order valence-corrected chi connectivity index (χ3v) is 2.50. The zero-order chi connectivity index (χ0) is 12.5. The summed E-state index contributed by atoms with van der Waals surface area (Å²) in [5, 5.41) is 0. The molecule has 0 saturated carbocycles. The molecule has 1 heterocycles. The molecule has 1 aliphatic rings. The normalized spacial score (nSPS) is 20.0. The van der Waals surface area contributed by atoms with Crippen molar-refractivity contribution < 1.29 is 17.9 Å². The molecule has 0 bridgehead atoms. The van der Waals surface area contributed by atoms with Crippen molar-refractivity contribution in [2.24, 2.45) is 10.7 Å². The summed E-state index contributed by atoms with van der Waals surface area (Å²) in [7, 11) is 0. The van der Waals surface area contributed by atoms with Gasteiger partial charge in [-0.05, 0) is 17.7 Å². The summed E-state index contributed by atoms with van der Waals surface area (Å²) in [5.41, 5.74) is 5.35. The molecule has 0 aliphatic carbocycles. The Morgan fingerprint density at radius 3 is 2.41 bits per heavy atom. The van der Waals surface area contributed by atoms with Crippen molar-refractivity contribution in [1.82, 2.24) is 0 Å². The number of hydrogen-bond donors (Lipinski definition) is 1. The maximum Gasteiger partial charge on any atom is 0.416 e. The third kappa shape index (κ3) is 2.58. The van der Waals surface area contributed by atoms with E-state index in [2.05, 4.69) is 4.99 Å². The lowest BCUT2D eigenvalue weighted by molar-refractivity contribution is -0.137. The van der Waals surface area contributed by atoms with Gasteiger partial charge < -0.3 is 10.5 Å². The van der Waals surface area contributed by atoms with E-state index in [1.54, 1.807) is 0 Å². The fourth-order valence-electron chi connectivity index (χ4n) is 1.60. The van der Waals surface area contributed by atoms with Gasteiger partial charge in [-0.25, -0.2) is 0 Å². The molecule has 2 rings (SSSR count). The van der Waals surface area contributed by atoms with Crippen LogP contribution in [0.4, 0.5) is 13.2 Å². The smallest absolute Gasteiger partial charge is 0.416 e. The van der Waals surface area contributed by atoms with Crippen LogP contribution in [0.2, 0.25) is 0 Å². The number of nitrogens with zero attached hydrogens (tertiary/aromatic N) is 1. The first-order valence-electron chi connectivity index (χ1n) is 5.08. The molecule has 1 atom stereocenters. The van der Waals surface area contributed by atoms with E-state index in [0.29, 0.717) is 18.0 Å². The highest BCUT2D eigenvalue weighted by molar-refractivity contribution is 5.79. The molecule has 0 fully saturated rings. The minimum Gasteiger partial charge on any atom is -0.470 e. The lowest BCUT2D eigenvalue weighted by atomic mass is 10.1. The first-order chi connectivity index (χ1) is 8.00. The van der Waals surface area contributed by atoms with Gasteiger partial charge >= 0.3 is 6.18 Å². The van der Waals surface area contributed by atoms with Crippen molar-refractivity contribution in [3.8, 4) is 0 Å². The topological polar surface area (TPSA) is 47.6 Å². The molecule has 6 heteroatoms. The number of halogens is 3. The molecule has 1 aliphatic heterocycles. The number of aliphatic imine (C=N–C) groups is 1. The lowest BCUT2D eigenvalue weighted by Gasteiger charge is -2.12. The van der Waals surface area contributed by atoms with Crippen LogP contribution in [0.1, 0.15) is 17.2 Å². The van der Waals surface area contributed by atoms with E-state index < -0.39 is 11.7 Å². The van der Waals surface area contributed by atoms with Gasteiger partial charge in [-0.3, -0.25) is 4.99 Å². The average molecular weight is 244 g/mol. The Morgan fingerprint density at radius 1 is 1.29 bits per heavy atom. The van der Waals surface area contributed by atoms with Gasteiger partial charge in [0.1, 0.15) is 6.10 Å². The van der Waals surface area contributed by atoms with E-state index in [9.17, 15) is 13.2 Å². The van der Waals surface area contributed by atoms with Crippen molar-refractivity contribution >= 4 is 5.90 Å². The number of hydrogen-bond acceptors (Lipinski definition) is 3. The van der Waals surface area contributed by atoms with Crippen LogP contribution in [0.25, 0.3) is 0 Å². The van der Waals surface area contributed by atoms with E-state index in [-0.39, 0.29) is 12.6 Å². The molecule has 1 aromatic rings. The molecule has 1 aromatic carbocycles. The molecule has 2 N–H and O–H groups in total. The van der Waals surface area contributed by atoms with Gasteiger partial charge in [0.25, 0.3) is 0 Å². The second-order valence-corrected chi connectivity index (χ2v) is 3.66. The quantitative estimate of drug-likeness (QED) is 0.866. The molecule has 0 aromatic heterocycles. The molecule has 0 radical (unpaired) electrons. The Bertz CT molecular complexity index is 425. The van der Waals surface area contributed by atoms with Crippen LogP contribution in [0.5, 0.6) is 0 Å². The number of ether oxygens (including phenoxy) is 1. The van der Waals surface area contributed by atoms with Gasteiger partial charge in [-0.1, -0.05) is 12.1 Å². The monoisotopic (exact) mass is 244 g/mol. The summed E-state index contributed by atoms with van der Waals surface area (Å²) in [6, 6.07) is 4.89. The summed E-state index contributed by atoms with van der Waals surface area (Å²) < 4.78 is 42.4. The molecule has 0 spiro atoms. The van der Waals surface area contributed by atoms with Crippen molar-refractivity contribution in [3.05, 3.63) is 35.4 Å². The van der Waals surface area contributed by atoms with Crippen LogP contribution >= 0.6 is 0 Å². The van der Waals surface area contributed by atoms with E-state index >= 15 is 0 Å². The predicted molar refractivity (Wildman–Crippen MR) is 56.6 cm³/mol. The fraction of sp³-hybridized carbons (Fsp3) is 0.364. The molecular weight excluding hydrogens is 233 g/mol. The maximum atomic E-state index is 12.3. The Kier molecular flexibility index (Phi) is 3.06. The molecule has 0 amide bonds. The minimum atomic E-state index is -4.31. The van der Waals surface area contributed by atoms with Gasteiger partial charge in [-0.2, -0.15) is 13.2 Å². The second-order valence-electron chi connectivity index (χ2n) is 3.66. The molecule has 3 nitrogen and oxygen atoms in total. The second kappa shape index (κ2) is 4.37. The first kappa shape index (κ1) is 11.9. The Hall–Kier alpha value is -1.56. The van der Waals surface area contributed by atoms with Gasteiger partial charge in [-0.15, -0.1) is 0 Å². The summed E-state index contributed by atoms with van der Waals surface area (Å²) in [5.74, 6) is 0.440. The highest BCUT2D eigenvalue weighted by Crippen LogP contribution is 2.31. The van der Waals surface area contributed by atoms with E-state index in [4.69, 9.17) is 10.5 Å². The van der Waals surface area contributed by atoms with Crippen LogP contribution in [-0.2, 0) is 10.9 Å². The highest BCUT2D eigenvalue weighted by atomic mass is 19.4. The van der Waals surface area contributed by atoms with E-state index in [1.807, 2.05) is 0 Å². The van der Waals surface area contributed by atoms with Gasteiger partial charge in [0, 0.05) is 0 Å². The minimum absolute atomic E-state index is 0.205. The van der Waals surface area contributed by atoms with Gasteiger partial charge in [0.2, 0.25) is 0 Å². The van der Waals surface area contributed by atoms with Crippen LogP contribution in [0.15, 0.2) is 29.3 Å². The first-order valence-corrected chi connectivity index (χ1v) is 5.08. The average Bonchev–Trinajstić information content (AvgIpc) is 2.76. The van der Waals surface area contributed by atoms with Crippen LogP contribution in [-0.4, -0.2) is 19.0 Å². The standard InChI is InChI=1S/C11H11F3N2O/c12-11(13,14)8-3-1-7(2-4-8)9-6-16-10(5-15)17-9/h1-4,9H,5-6,15H2. The Morgan fingerprint density at radius 2 is 1.94 bits per heavy atom. The summed E-state index contributed by atoms with van der Waals surface area (Å²) in [4.78, 5) is 4.03. The number of alkyl halides is 3. The SMILES string of the molecule is NCC1=NCC(c2ccc(C(F)(F)F)cc2)O1. The van der Waals surface area contributed by atoms with E-state index in [1.165, 1.54) is 12.1 Å². The zero-order valence-corrected chi connectivity index (χ0v) is 8.87. The summed E-state index contributed by atoms with van der Waals surface area (Å²) >= 11 is 0.